The zero-order chi connectivity index (χ0) is 19.7. The van der Waals surface area contributed by atoms with Crippen LogP contribution >= 0.6 is 0 Å². The van der Waals surface area contributed by atoms with Crippen LogP contribution in [0.4, 0.5) is 0 Å². The highest BCUT2D eigenvalue weighted by atomic mass is 16.1. The van der Waals surface area contributed by atoms with Crippen LogP contribution in [0.3, 0.4) is 0 Å². The maximum Gasteiger partial charge on any atom is 0.219 e. The van der Waals surface area contributed by atoms with Crippen LogP contribution in [0.25, 0.3) is 11.4 Å². The van der Waals surface area contributed by atoms with E-state index in [1.807, 2.05) is 60.7 Å². The first-order valence-electron chi connectivity index (χ1n) is 8.74. The summed E-state index contributed by atoms with van der Waals surface area (Å²) in [5.41, 5.74) is 2.67. The molecule has 0 radical (unpaired) electrons. The average Bonchev–Trinajstić information content (AvgIpc) is 3.33. The van der Waals surface area contributed by atoms with Crippen LogP contribution in [0.2, 0.25) is 0 Å². The molecule has 0 aliphatic heterocycles. The SMILES string of the molecule is CC(=O)c1nn(-c2ccccc2)cc1C(=O)c1nnn(-c2ccccc2)c1C. The summed E-state index contributed by atoms with van der Waals surface area (Å²) in [5, 5.41) is 12.5. The van der Waals surface area contributed by atoms with Crippen LogP contribution < -0.4 is 0 Å². The van der Waals surface area contributed by atoms with Crippen LogP contribution in [0.1, 0.15) is 39.2 Å². The predicted octanol–water partition coefficient (Wildman–Crippen LogP) is 3.20. The van der Waals surface area contributed by atoms with E-state index in [-0.39, 0.29) is 28.5 Å². The van der Waals surface area contributed by atoms with E-state index in [9.17, 15) is 9.59 Å². The van der Waals surface area contributed by atoms with E-state index >= 15 is 0 Å². The van der Waals surface area contributed by atoms with Crippen molar-refractivity contribution in [1.82, 2.24) is 24.8 Å². The van der Waals surface area contributed by atoms with Gasteiger partial charge in [-0.2, -0.15) is 5.10 Å². The number of carbonyl (C=O) groups excluding carboxylic acids is 2. The Kier molecular flexibility index (Phi) is 4.41. The lowest BCUT2D eigenvalue weighted by Gasteiger charge is -2.02. The third-order valence-electron chi connectivity index (χ3n) is 4.42. The minimum Gasteiger partial charge on any atom is -0.293 e. The fourth-order valence-corrected chi connectivity index (χ4v) is 2.99. The molecule has 0 bridgehead atoms. The Labute approximate surface area is 161 Å². The van der Waals surface area contributed by atoms with Crippen molar-refractivity contribution in [2.75, 3.05) is 0 Å². The van der Waals surface area contributed by atoms with Crippen LogP contribution in [0, 0.1) is 6.92 Å². The second-order valence-electron chi connectivity index (χ2n) is 6.33. The molecule has 4 aromatic rings. The molecule has 0 N–H and O–H groups in total. The lowest BCUT2D eigenvalue weighted by atomic mass is 10.1. The summed E-state index contributed by atoms with van der Waals surface area (Å²) in [6.45, 7) is 3.16. The molecule has 2 aromatic carbocycles. The highest BCUT2D eigenvalue weighted by molar-refractivity contribution is 6.14. The summed E-state index contributed by atoms with van der Waals surface area (Å²) >= 11 is 0. The van der Waals surface area contributed by atoms with Crippen molar-refractivity contribution < 1.29 is 9.59 Å². The lowest BCUT2D eigenvalue weighted by molar-refractivity contribution is 0.0985. The fraction of sp³-hybridized carbons (Fsp3) is 0.0952. The van der Waals surface area contributed by atoms with Gasteiger partial charge in [-0.05, 0) is 31.2 Å². The number of carbonyl (C=O) groups is 2. The van der Waals surface area contributed by atoms with Gasteiger partial charge in [0.1, 0.15) is 5.69 Å². The number of hydrogen-bond acceptors (Lipinski definition) is 5. The molecule has 138 valence electrons. The minimum absolute atomic E-state index is 0.113. The van der Waals surface area contributed by atoms with Gasteiger partial charge in [-0.3, -0.25) is 9.59 Å². The van der Waals surface area contributed by atoms with Crippen molar-refractivity contribution in [2.45, 2.75) is 13.8 Å². The molecular weight excluding hydrogens is 354 g/mol. The Bertz CT molecular complexity index is 1160. The molecule has 0 amide bonds. The first kappa shape index (κ1) is 17.5. The number of benzene rings is 2. The largest absolute Gasteiger partial charge is 0.293 e. The molecule has 0 fully saturated rings. The minimum atomic E-state index is -0.382. The number of nitrogens with zero attached hydrogens (tertiary/aromatic N) is 5. The molecule has 0 aliphatic rings. The molecule has 28 heavy (non-hydrogen) atoms. The van der Waals surface area contributed by atoms with Gasteiger partial charge in [0.2, 0.25) is 5.78 Å². The Morgan fingerprint density at radius 3 is 2.07 bits per heavy atom. The van der Waals surface area contributed by atoms with Gasteiger partial charge in [0.15, 0.2) is 11.5 Å². The van der Waals surface area contributed by atoms with Crippen molar-refractivity contribution in [3.05, 3.63) is 89.5 Å². The smallest absolute Gasteiger partial charge is 0.219 e. The maximum atomic E-state index is 13.2. The van der Waals surface area contributed by atoms with E-state index in [4.69, 9.17) is 0 Å². The zero-order valence-corrected chi connectivity index (χ0v) is 15.4. The Hall–Kier alpha value is -3.87. The predicted molar refractivity (Wildman–Crippen MR) is 103 cm³/mol. The Morgan fingerprint density at radius 1 is 0.857 bits per heavy atom. The maximum absolute atomic E-state index is 13.2. The molecule has 7 heteroatoms. The highest BCUT2D eigenvalue weighted by Gasteiger charge is 2.26. The standard InChI is InChI=1S/C21H17N5O2/c1-14-19(22-24-26(14)17-11-7-4-8-12-17)21(28)18-13-25(23-20(18)15(2)27)16-9-5-3-6-10-16/h3-13H,1-2H3. The molecule has 0 saturated carbocycles. The van der Waals surface area contributed by atoms with Gasteiger partial charge in [0.05, 0.1) is 22.6 Å². The summed E-state index contributed by atoms with van der Waals surface area (Å²) < 4.78 is 3.13. The van der Waals surface area contributed by atoms with E-state index in [1.165, 1.54) is 11.6 Å². The molecule has 0 unspecified atom stereocenters. The van der Waals surface area contributed by atoms with E-state index in [0.717, 1.165) is 11.4 Å². The van der Waals surface area contributed by atoms with Gasteiger partial charge in [0, 0.05) is 13.1 Å². The zero-order valence-electron chi connectivity index (χ0n) is 15.4. The monoisotopic (exact) mass is 371 g/mol. The number of rotatable bonds is 5. The second kappa shape index (κ2) is 7.03. The average molecular weight is 371 g/mol. The summed E-state index contributed by atoms with van der Waals surface area (Å²) in [6.07, 6.45) is 1.56. The molecule has 2 aromatic heterocycles. The van der Waals surface area contributed by atoms with Crippen molar-refractivity contribution in [2.24, 2.45) is 0 Å². The number of ketones is 2. The molecule has 0 aliphatic carbocycles. The number of Topliss-reactive ketones (excluding diaryl/α,β-unsaturated/α-hetero) is 1. The first-order chi connectivity index (χ1) is 13.6. The number of para-hydroxylation sites is 2. The van der Waals surface area contributed by atoms with Gasteiger partial charge < -0.3 is 0 Å². The molecule has 0 saturated heterocycles. The van der Waals surface area contributed by atoms with Crippen molar-refractivity contribution in [3.63, 3.8) is 0 Å². The van der Waals surface area contributed by atoms with Gasteiger partial charge >= 0.3 is 0 Å². The summed E-state index contributed by atoms with van der Waals surface area (Å²) in [4.78, 5) is 25.2. The van der Waals surface area contributed by atoms with E-state index < -0.39 is 0 Å². The lowest BCUT2D eigenvalue weighted by Crippen LogP contribution is -2.09. The summed E-state index contributed by atoms with van der Waals surface area (Å²) in [7, 11) is 0. The van der Waals surface area contributed by atoms with Crippen LogP contribution in [0.5, 0.6) is 0 Å². The van der Waals surface area contributed by atoms with Crippen LogP contribution in [0.15, 0.2) is 66.9 Å². The van der Waals surface area contributed by atoms with E-state index in [0.29, 0.717) is 5.69 Å². The fourth-order valence-electron chi connectivity index (χ4n) is 2.99. The number of aromatic nitrogens is 5. The molecule has 4 rings (SSSR count). The van der Waals surface area contributed by atoms with Crippen LogP contribution in [-0.4, -0.2) is 36.3 Å². The highest BCUT2D eigenvalue weighted by Crippen LogP contribution is 2.19. The third kappa shape index (κ3) is 3.03. The molecular formula is C21H17N5O2. The van der Waals surface area contributed by atoms with Gasteiger partial charge in [0.25, 0.3) is 0 Å². The van der Waals surface area contributed by atoms with Crippen molar-refractivity contribution >= 4 is 11.6 Å². The molecule has 7 nitrogen and oxygen atoms in total. The Balaban J connectivity index is 1.78. The van der Waals surface area contributed by atoms with Crippen LogP contribution in [-0.2, 0) is 0 Å². The summed E-state index contributed by atoms with van der Waals surface area (Å²) in [6, 6.07) is 18.7. The first-order valence-corrected chi connectivity index (χ1v) is 8.74. The van der Waals surface area contributed by atoms with E-state index in [1.54, 1.807) is 17.8 Å². The van der Waals surface area contributed by atoms with Crippen molar-refractivity contribution in [3.8, 4) is 11.4 Å². The quantitative estimate of drug-likeness (QED) is 0.503. The normalized spacial score (nSPS) is 10.8. The summed E-state index contributed by atoms with van der Waals surface area (Å²) in [5.74, 6) is -0.668. The third-order valence-corrected chi connectivity index (χ3v) is 4.42. The number of hydrogen-bond donors (Lipinski definition) is 0. The van der Waals surface area contributed by atoms with Gasteiger partial charge in [-0.15, -0.1) is 5.10 Å². The Morgan fingerprint density at radius 2 is 1.46 bits per heavy atom. The van der Waals surface area contributed by atoms with Gasteiger partial charge in [-0.25, -0.2) is 9.36 Å². The van der Waals surface area contributed by atoms with Crippen molar-refractivity contribution in [1.29, 1.82) is 0 Å². The molecule has 0 spiro atoms. The molecule has 2 heterocycles. The topological polar surface area (TPSA) is 82.7 Å². The van der Waals surface area contributed by atoms with E-state index in [2.05, 4.69) is 15.4 Å². The second-order valence-corrected chi connectivity index (χ2v) is 6.33. The van der Waals surface area contributed by atoms with Gasteiger partial charge in [-0.1, -0.05) is 41.6 Å². The molecule has 0 atom stereocenters.